The van der Waals surface area contributed by atoms with Gasteiger partial charge in [-0.15, -0.1) is 0 Å². The van der Waals surface area contributed by atoms with Crippen LogP contribution in [0.25, 0.3) is 0 Å². The quantitative estimate of drug-likeness (QED) is 0.816. The smallest absolute Gasteiger partial charge is 0.226 e. The number of carbonyl (C=O) groups is 1. The zero-order valence-corrected chi connectivity index (χ0v) is 12.3. The minimum Gasteiger partial charge on any atom is -0.399 e. The number of nitrogen functional groups attached to an aromatic ring is 1. The molecule has 1 saturated carbocycles. The third kappa shape index (κ3) is 4.69. The van der Waals surface area contributed by atoms with Gasteiger partial charge in [0.15, 0.2) is 0 Å². The summed E-state index contributed by atoms with van der Waals surface area (Å²) in [5.74, 6) is -0.0903. The first kappa shape index (κ1) is 15.1. The Morgan fingerprint density at radius 1 is 1.35 bits per heavy atom. The third-order valence-electron chi connectivity index (χ3n) is 3.50. The van der Waals surface area contributed by atoms with Gasteiger partial charge in [0.2, 0.25) is 5.91 Å². The van der Waals surface area contributed by atoms with Crippen LogP contribution in [0.3, 0.4) is 0 Å². The van der Waals surface area contributed by atoms with E-state index >= 15 is 0 Å². The molecule has 3 N–H and O–H groups in total. The summed E-state index contributed by atoms with van der Waals surface area (Å²) in [6.07, 6.45) is 6.68. The minimum absolute atomic E-state index is 0.0903. The summed E-state index contributed by atoms with van der Waals surface area (Å²) in [6, 6.07) is 5.03. The summed E-state index contributed by atoms with van der Waals surface area (Å²) >= 11 is 6.00. The molecule has 2 rings (SSSR count). The van der Waals surface area contributed by atoms with Gasteiger partial charge in [-0.05, 0) is 31.0 Å². The molecule has 1 aliphatic carbocycles. The van der Waals surface area contributed by atoms with Crippen molar-refractivity contribution >= 4 is 28.9 Å². The summed E-state index contributed by atoms with van der Waals surface area (Å²) in [5.41, 5.74) is 6.77. The predicted octanol–water partition coefficient (Wildman–Crippen LogP) is 3.60. The molecule has 0 spiro atoms. The van der Waals surface area contributed by atoms with Crippen LogP contribution in [0, 0.1) is 0 Å². The van der Waals surface area contributed by atoms with Gasteiger partial charge in [-0.2, -0.15) is 0 Å². The number of benzene rings is 1. The number of hydrogen-bond acceptors (Lipinski definition) is 3. The molecule has 1 aliphatic rings. The molecule has 1 amide bonds. The SMILES string of the molecule is Nc1ccc(NC(=O)CCOC2CCCCC2)c(Cl)c1. The maximum Gasteiger partial charge on any atom is 0.226 e. The number of halogens is 1. The lowest BCUT2D eigenvalue weighted by molar-refractivity contribution is -0.117. The van der Waals surface area contributed by atoms with E-state index in [1.54, 1.807) is 18.2 Å². The lowest BCUT2D eigenvalue weighted by Crippen LogP contribution is -2.20. The molecule has 0 heterocycles. The maximum absolute atomic E-state index is 11.8. The molecule has 0 saturated heterocycles. The van der Waals surface area contributed by atoms with Crippen LogP contribution in [0.1, 0.15) is 38.5 Å². The van der Waals surface area contributed by atoms with E-state index in [1.165, 1.54) is 19.3 Å². The Hall–Kier alpha value is -1.26. The Kier molecular flexibility index (Phi) is 5.68. The molecule has 4 nitrogen and oxygen atoms in total. The van der Waals surface area contributed by atoms with E-state index in [4.69, 9.17) is 22.1 Å². The van der Waals surface area contributed by atoms with Gasteiger partial charge < -0.3 is 15.8 Å². The summed E-state index contributed by atoms with van der Waals surface area (Å²) in [6.45, 7) is 0.461. The fourth-order valence-electron chi connectivity index (χ4n) is 2.40. The highest BCUT2D eigenvalue weighted by Gasteiger charge is 2.14. The van der Waals surface area contributed by atoms with Gasteiger partial charge in [0.05, 0.1) is 29.8 Å². The first-order valence-corrected chi connectivity index (χ1v) is 7.49. The molecule has 0 aromatic heterocycles. The van der Waals surface area contributed by atoms with Crippen LogP contribution < -0.4 is 11.1 Å². The Morgan fingerprint density at radius 2 is 2.10 bits per heavy atom. The molecule has 0 unspecified atom stereocenters. The van der Waals surface area contributed by atoms with E-state index < -0.39 is 0 Å². The van der Waals surface area contributed by atoms with Crippen LogP contribution in [0.15, 0.2) is 18.2 Å². The minimum atomic E-state index is -0.0903. The zero-order chi connectivity index (χ0) is 14.4. The largest absolute Gasteiger partial charge is 0.399 e. The van der Waals surface area contributed by atoms with Gasteiger partial charge in [0.25, 0.3) is 0 Å². The highest BCUT2D eigenvalue weighted by molar-refractivity contribution is 6.34. The maximum atomic E-state index is 11.8. The van der Waals surface area contributed by atoms with Crippen molar-refractivity contribution in [2.24, 2.45) is 0 Å². The van der Waals surface area contributed by atoms with Crippen LogP contribution >= 0.6 is 11.6 Å². The molecule has 1 aromatic rings. The van der Waals surface area contributed by atoms with Gasteiger partial charge >= 0.3 is 0 Å². The van der Waals surface area contributed by atoms with E-state index in [2.05, 4.69) is 5.32 Å². The van der Waals surface area contributed by atoms with Crippen molar-refractivity contribution in [3.05, 3.63) is 23.2 Å². The summed E-state index contributed by atoms with van der Waals surface area (Å²) in [7, 11) is 0. The van der Waals surface area contributed by atoms with E-state index in [0.717, 1.165) is 12.8 Å². The molecule has 5 heteroatoms. The zero-order valence-electron chi connectivity index (χ0n) is 11.5. The van der Waals surface area contributed by atoms with Gasteiger partial charge in [0, 0.05) is 5.69 Å². The van der Waals surface area contributed by atoms with Crippen molar-refractivity contribution in [2.75, 3.05) is 17.7 Å². The second-order valence-electron chi connectivity index (χ2n) is 5.17. The number of ether oxygens (including phenoxy) is 1. The first-order valence-electron chi connectivity index (χ1n) is 7.11. The van der Waals surface area contributed by atoms with Crippen molar-refractivity contribution in [1.82, 2.24) is 0 Å². The predicted molar refractivity (Wildman–Crippen MR) is 81.9 cm³/mol. The van der Waals surface area contributed by atoms with E-state index in [1.807, 2.05) is 0 Å². The topological polar surface area (TPSA) is 64.3 Å². The summed E-state index contributed by atoms with van der Waals surface area (Å²) in [4.78, 5) is 11.8. The Morgan fingerprint density at radius 3 is 2.80 bits per heavy atom. The number of carbonyl (C=O) groups excluding carboxylic acids is 1. The number of anilines is 2. The van der Waals surface area contributed by atoms with Gasteiger partial charge in [-0.3, -0.25) is 4.79 Å². The average molecular weight is 297 g/mol. The summed E-state index contributed by atoms with van der Waals surface area (Å²) < 4.78 is 5.73. The summed E-state index contributed by atoms with van der Waals surface area (Å²) in [5, 5.41) is 3.22. The molecule has 0 aliphatic heterocycles. The molecule has 0 atom stereocenters. The molecule has 20 heavy (non-hydrogen) atoms. The highest BCUT2D eigenvalue weighted by Crippen LogP contribution is 2.24. The van der Waals surface area contributed by atoms with Crippen LogP contribution in [-0.4, -0.2) is 18.6 Å². The van der Waals surface area contributed by atoms with Crippen LogP contribution in [0.2, 0.25) is 5.02 Å². The number of rotatable bonds is 5. The van der Waals surface area contributed by atoms with Crippen molar-refractivity contribution in [2.45, 2.75) is 44.6 Å². The van der Waals surface area contributed by atoms with Crippen molar-refractivity contribution in [1.29, 1.82) is 0 Å². The first-order chi connectivity index (χ1) is 9.65. The fraction of sp³-hybridized carbons (Fsp3) is 0.533. The van der Waals surface area contributed by atoms with Crippen molar-refractivity contribution < 1.29 is 9.53 Å². The van der Waals surface area contributed by atoms with Gasteiger partial charge in [-0.1, -0.05) is 30.9 Å². The van der Waals surface area contributed by atoms with E-state index in [9.17, 15) is 4.79 Å². The lowest BCUT2D eigenvalue weighted by Gasteiger charge is -2.21. The van der Waals surface area contributed by atoms with E-state index in [0.29, 0.717) is 35.5 Å². The molecule has 1 aromatic carbocycles. The lowest BCUT2D eigenvalue weighted by atomic mass is 9.98. The number of amides is 1. The third-order valence-corrected chi connectivity index (χ3v) is 3.81. The van der Waals surface area contributed by atoms with Crippen LogP contribution in [0.5, 0.6) is 0 Å². The standard InChI is InChI=1S/C15H21ClN2O2/c16-13-10-11(17)6-7-14(13)18-15(19)8-9-20-12-4-2-1-3-5-12/h6-7,10,12H,1-5,8-9,17H2,(H,18,19). The Balaban J connectivity index is 1.72. The van der Waals surface area contributed by atoms with E-state index in [-0.39, 0.29) is 5.91 Å². The van der Waals surface area contributed by atoms with Gasteiger partial charge in [0.1, 0.15) is 0 Å². The molecule has 1 fully saturated rings. The van der Waals surface area contributed by atoms with Gasteiger partial charge in [-0.25, -0.2) is 0 Å². The molecular formula is C15H21ClN2O2. The Bertz CT molecular complexity index is 459. The normalized spacial score (nSPS) is 16.1. The number of nitrogens with two attached hydrogens (primary N) is 1. The fourth-order valence-corrected chi connectivity index (χ4v) is 2.63. The monoisotopic (exact) mass is 296 g/mol. The van der Waals surface area contributed by atoms with Crippen molar-refractivity contribution in [3.8, 4) is 0 Å². The Labute approximate surface area is 124 Å². The molecule has 0 radical (unpaired) electrons. The molecule has 0 bridgehead atoms. The molecule has 110 valence electrons. The molecular weight excluding hydrogens is 276 g/mol. The van der Waals surface area contributed by atoms with Crippen LogP contribution in [0.4, 0.5) is 11.4 Å². The van der Waals surface area contributed by atoms with Crippen molar-refractivity contribution in [3.63, 3.8) is 0 Å². The highest BCUT2D eigenvalue weighted by atomic mass is 35.5. The average Bonchev–Trinajstić information content (AvgIpc) is 2.43. The van der Waals surface area contributed by atoms with Crippen LogP contribution in [-0.2, 0) is 9.53 Å². The number of nitrogens with one attached hydrogen (secondary N) is 1. The second kappa shape index (κ2) is 7.50. The number of hydrogen-bond donors (Lipinski definition) is 2. The second-order valence-corrected chi connectivity index (χ2v) is 5.58.